The van der Waals surface area contributed by atoms with Gasteiger partial charge in [-0.05, 0) is 69.7 Å². The fourth-order valence-corrected chi connectivity index (χ4v) is 7.86. The van der Waals surface area contributed by atoms with Crippen molar-refractivity contribution in [3.05, 3.63) is 23.8 Å². The molecule has 3 rings (SSSR count). The van der Waals surface area contributed by atoms with E-state index in [0.29, 0.717) is 30.6 Å². The van der Waals surface area contributed by atoms with Gasteiger partial charge in [-0.15, -0.1) is 11.8 Å². The minimum Gasteiger partial charge on any atom is -0.480 e. The van der Waals surface area contributed by atoms with Gasteiger partial charge in [0, 0.05) is 35.6 Å². The Bertz CT molecular complexity index is 932. The number of carboxylic acids is 1. The van der Waals surface area contributed by atoms with E-state index < -0.39 is 28.0 Å². The minimum atomic E-state index is -3.92. The van der Waals surface area contributed by atoms with Gasteiger partial charge in [-0.25, -0.2) is 17.2 Å². The number of carbonyl (C=O) groups is 1. The normalized spacial score (nSPS) is 23.0. The van der Waals surface area contributed by atoms with Crippen LogP contribution in [0.5, 0.6) is 0 Å². The van der Waals surface area contributed by atoms with E-state index in [-0.39, 0.29) is 35.6 Å². The lowest BCUT2D eigenvalue weighted by Gasteiger charge is -2.29. The van der Waals surface area contributed by atoms with Crippen molar-refractivity contribution in [2.75, 3.05) is 13.1 Å². The summed E-state index contributed by atoms with van der Waals surface area (Å²) in [5.74, 6) is -3.63. The van der Waals surface area contributed by atoms with Crippen LogP contribution in [-0.2, 0) is 14.8 Å². The Morgan fingerprint density at radius 3 is 2.67 bits per heavy atom. The first-order chi connectivity index (χ1) is 15.5. The van der Waals surface area contributed by atoms with E-state index >= 15 is 0 Å². The highest BCUT2D eigenvalue weighted by atomic mass is 32.2. The number of thioether (sulfide) groups is 1. The summed E-state index contributed by atoms with van der Waals surface area (Å²) in [6, 6.07) is 4.30. The minimum absolute atomic E-state index is 0.0543. The fraction of sp³-hybridized carbons (Fsp3) is 0.696. The number of hydrogen-bond acceptors (Lipinski definition) is 5. The van der Waals surface area contributed by atoms with Crippen LogP contribution in [0, 0.1) is 6.92 Å². The van der Waals surface area contributed by atoms with Crippen molar-refractivity contribution in [2.45, 2.75) is 98.3 Å². The number of nitrogens with zero attached hydrogens (tertiary/aromatic N) is 1. The number of rotatable bonds is 10. The van der Waals surface area contributed by atoms with Crippen LogP contribution in [0.2, 0.25) is 0 Å². The zero-order valence-electron chi connectivity index (χ0n) is 19.2. The van der Waals surface area contributed by atoms with Crippen molar-refractivity contribution in [1.82, 2.24) is 9.62 Å². The lowest BCUT2D eigenvalue weighted by molar-refractivity contribution is -0.140. The van der Waals surface area contributed by atoms with Crippen LogP contribution < -0.4 is 5.32 Å². The Labute approximate surface area is 199 Å². The molecule has 0 aromatic heterocycles. The molecule has 0 spiro atoms. The van der Waals surface area contributed by atoms with Crippen molar-refractivity contribution in [2.24, 2.45) is 0 Å². The molecule has 1 saturated carbocycles. The van der Waals surface area contributed by atoms with Gasteiger partial charge in [0.1, 0.15) is 6.04 Å². The van der Waals surface area contributed by atoms with Crippen molar-refractivity contribution < 1.29 is 27.1 Å². The van der Waals surface area contributed by atoms with Crippen LogP contribution in [0.3, 0.4) is 0 Å². The molecule has 10 heteroatoms. The number of aliphatic carboxylic acids is 1. The van der Waals surface area contributed by atoms with E-state index in [0.717, 1.165) is 29.3 Å². The van der Waals surface area contributed by atoms with E-state index in [4.69, 9.17) is 0 Å². The van der Waals surface area contributed by atoms with Gasteiger partial charge in [0.2, 0.25) is 15.9 Å². The molecule has 33 heavy (non-hydrogen) atoms. The maximum atomic E-state index is 13.3. The first-order valence-electron chi connectivity index (χ1n) is 11.6. The topological polar surface area (TPSA) is 86.7 Å². The molecule has 1 saturated heterocycles. The third kappa shape index (κ3) is 6.90. The number of sulfonamides is 1. The first-order valence-corrected chi connectivity index (χ1v) is 13.9. The number of benzene rings is 1. The van der Waals surface area contributed by atoms with Crippen LogP contribution in [-0.4, -0.2) is 60.1 Å². The maximum Gasteiger partial charge on any atom is 0.322 e. The smallest absolute Gasteiger partial charge is 0.322 e. The van der Waals surface area contributed by atoms with Gasteiger partial charge in [-0.2, -0.15) is 4.31 Å². The second-order valence-corrected chi connectivity index (χ2v) is 12.6. The molecule has 6 nitrogen and oxygen atoms in total. The lowest BCUT2D eigenvalue weighted by Crippen LogP contribution is -2.40. The summed E-state index contributed by atoms with van der Waals surface area (Å²) >= 11 is 1.49. The van der Waals surface area contributed by atoms with Gasteiger partial charge >= 0.3 is 5.97 Å². The quantitative estimate of drug-likeness (QED) is 0.356. The SMILES string of the molecule is Cc1ccc(S(=O)(=O)N2CCC[C@H]2C(=O)O)c(SC(C)CCCNC2CCC(F)(F)CC2)c1. The molecule has 1 aliphatic heterocycles. The van der Waals surface area contributed by atoms with E-state index in [1.807, 2.05) is 19.9 Å². The molecule has 1 aliphatic carbocycles. The number of halogens is 2. The van der Waals surface area contributed by atoms with Crippen LogP contribution in [0.4, 0.5) is 8.78 Å². The maximum absolute atomic E-state index is 13.3. The molecule has 0 bridgehead atoms. The molecule has 1 heterocycles. The van der Waals surface area contributed by atoms with Crippen LogP contribution >= 0.6 is 11.8 Å². The monoisotopic (exact) mass is 504 g/mol. The lowest BCUT2D eigenvalue weighted by atomic mass is 9.92. The fourth-order valence-electron chi connectivity index (χ4n) is 4.54. The van der Waals surface area contributed by atoms with Gasteiger partial charge in [-0.1, -0.05) is 13.0 Å². The predicted octanol–water partition coefficient (Wildman–Crippen LogP) is 4.66. The van der Waals surface area contributed by atoms with Crippen molar-refractivity contribution in [3.8, 4) is 0 Å². The van der Waals surface area contributed by atoms with Gasteiger partial charge in [0.15, 0.2) is 0 Å². The van der Waals surface area contributed by atoms with E-state index in [1.54, 1.807) is 12.1 Å². The zero-order chi connectivity index (χ0) is 24.2. The summed E-state index contributed by atoms with van der Waals surface area (Å²) in [7, 11) is -3.92. The summed E-state index contributed by atoms with van der Waals surface area (Å²) in [6.07, 6.45) is 3.45. The molecule has 1 aromatic rings. The van der Waals surface area contributed by atoms with E-state index in [1.165, 1.54) is 11.8 Å². The number of hydrogen-bond donors (Lipinski definition) is 2. The summed E-state index contributed by atoms with van der Waals surface area (Å²) in [5, 5.41) is 13.0. The molecular formula is C23H34F2N2O4S2. The molecule has 2 aliphatic rings. The zero-order valence-corrected chi connectivity index (χ0v) is 20.9. The van der Waals surface area contributed by atoms with Crippen molar-refractivity contribution >= 4 is 27.8 Å². The van der Waals surface area contributed by atoms with Gasteiger partial charge in [0.05, 0.1) is 4.90 Å². The van der Waals surface area contributed by atoms with E-state index in [9.17, 15) is 27.1 Å². The van der Waals surface area contributed by atoms with Crippen LogP contribution in [0.25, 0.3) is 0 Å². The Balaban J connectivity index is 1.58. The van der Waals surface area contributed by atoms with Crippen LogP contribution in [0.1, 0.15) is 63.9 Å². The number of aryl methyl sites for hydroxylation is 1. The average Bonchev–Trinajstić information content (AvgIpc) is 3.23. The third-order valence-electron chi connectivity index (χ3n) is 6.44. The highest BCUT2D eigenvalue weighted by molar-refractivity contribution is 8.00. The molecule has 0 radical (unpaired) electrons. The number of nitrogens with one attached hydrogen (secondary N) is 1. The Morgan fingerprint density at radius 1 is 1.30 bits per heavy atom. The second-order valence-electron chi connectivity index (χ2n) is 9.22. The second kappa shape index (κ2) is 11.0. The number of carboxylic acid groups (broad SMARTS) is 1. The molecule has 0 amide bonds. The Morgan fingerprint density at radius 2 is 2.00 bits per heavy atom. The van der Waals surface area contributed by atoms with Gasteiger partial charge in [-0.3, -0.25) is 4.79 Å². The summed E-state index contributed by atoms with van der Waals surface area (Å²) in [4.78, 5) is 12.4. The Kier molecular flexibility index (Phi) is 8.80. The predicted molar refractivity (Wildman–Crippen MR) is 125 cm³/mol. The van der Waals surface area contributed by atoms with Crippen LogP contribution in [0.15, 0.2) is 28.0 Å². The number of alkyl halides is 2. The summed E-state index contributed by atoms with van der Waals surface area (Å²) < 4.78 is 54.3. The first kappa shape index (κ1) is 26.4. The van der Waals surface area contributed by atoms with Crippen molar-refractivity contribution in [1.29, 1.82) is 0 Å². The molecule has 1 unspecified atom stereocenters. The molecule has 1 aromatic carbocycles. The van der Waals surface area contributed by atoms with Gasteiger partial charge in [0.25, 0.3) is 0 Å². The highest BCUT2D eigenvalue weighted by Crippen LogP contribution is 2.36. The molecule has 2 fully saturated rings. The largest absolute Gasteiger partial charge is 0.480 e. The average molecular weight is 505 g/mol. The standard InChI is InChI=1S/C23H34F2N2O4S2/c1-16-7-8-21(33(30,31)27-14-4-6-19(27)22(28)29)20(15-16)32-17(2)5-3-13-26-18-9-11-23(24,25)12-10-18/h7-8,15,17-19,26H,3-6,9-14H2,1-2H3,(H,28,29)/t17?,19-/m0/s1. The molecule has 2 atom stereocenters. The van der Waals surface area contributed by atoms with E-state index in [2.05, 4.69) is 5.32 Å². The van der Waals surface area contributed by atoms with Gasteiger partial charge < -0.3 is 10.4 Å². The summed E-state index contributed by atoms with van der Waals surface area (Å²) in [5.41, 5.74) is 0.940. The Hall–Kier alpha value is -1.23. The molecule has 186 valence electrons. The van der Waals surface area contributed by atoms with Crippen molar-refractivity contribution in [3.63, 3.8) is 0 Å². The summed E-state index contributed by atoms with van der Waals surface area (Å²) in [6.45, 7) is 4.90. The third-order valence-corrected chi connectivity index (χ3v) is 9.77. The molecular weight excluding hydrogens is 470 g/mol. The highest BCUT2D eigenvalue weighted by Gasteiger charge is 2.40. The molecule has 2 N–H and O–H groups in total.